The van der Waals surface area contributed by atoms with Gasteiger partial charge in [0.05, 0.1) is 0 Å². The van der Waals surface area contributed by atoms with Crippen LogP contribution in [0.5, 0.6) is 0 Å². The number of carbonyl (C=O) groups is 2. The summed E-state index contributed by atoms with van der Waals surface area (Å²) in [6, 6.07) is 9.37. The number of hydrogen-bond acceptors (Lipinski definition) is 3. The average molecular weight is 209 g/mol. The number of hydrogen-bond donors (Lipinski definition) is 1. The molecule has 1 aromatic carbocycles. The van der Waals surface area contributed by atoms with E-state index in [2.05, 4.69) is 4.74 Å². The summed E-state index contributed by atoms with van der Waals surface area (Å²) in [5, 5.41) is 0. The van der Waals surface area contributed by atoms with Crippen molar-refractivity contribution in [1.82, 2.24) is 0 Å². The Balaban J connectivity index is 0.000000423. The highest BCUT2D eigenvalue weighted by atomic mass is 16.5. The molecule has 0 unspecified atom stereocenters. The van der Waals surface area contributed by atoms with Crippen LogP contribution in [0.1, 0.15) is 19.4 Å². The normalized spacial score (nSPS) is 8.40. The fourth-order valence-corrected chi connectivity index (χ4v) is 0.729. The zero-order valence-electron chi connectivity index (χ0n) is 8.90. The van der Waals surface area contributed by atoms with Gasteiger partial charge in [-0.2, -0.15) is 0 Å². The Hall–Kier alpha value is -1.84. The minimum atomic E-state index is -0.742. The third-order valence-electron chi connectivity index (χ3n) is 1.22. The second-order valence-corrected chi connectivity index (χ2v) is 3.00. The molecule has 0 atom stereocenters. The summed E-state index contributed by atoms with van der Waals surface area (Å²) >= 11 is 0. The Morgan fingerprint density at radius 3 is 2.07 bits per heavy atom. The van der Waals surface area contributed by atoms with Crippen molar-refractivity contribution in [3.63, 3.8) is 0 Å². The molecule has 0 saturated carbocycles. The predicted molar refractivity (Wildman–Crippen MR) is 57.2 cm³/mol. The van der Waals surface area contributed by atoms with E-state index in [9.17, 15) is 9.59 Å². The van der Waals surface area contributed by atoms with Crippen molar-refractivity contribution in [2.24, 2.45) is 5.73 Å². The first-order valence-corrected chi connectivity index (χ1v) is 4.45. The third kappa shape index (κ3) is 10.1. The van der Waals surface area contributed by atoms with Gasteiger partial charge in [-0.3, -0.25) is 0 Å². The topological polar surface area (TPSA) is 69.4 Å². The summed E-state index contributed by atoms with van der Waals surface area (Å²) in [4.78, 5) is 19.6. The Morgan fingerprint density at radius 1 is 1.20 bits per heavy atom. The zero-order valence-corrected chi connectivity index (χ0v) is 8.90. The number of amides is 1. The van der Waals surface area contributed by atoms with E-state index in [0.717, 1.165) is 5.56 Å². The van der Waals surface area contributed by atoms with Gasteiger partial charge in [0, 0.05) is 0 Å². The number of carbonyl (C=O) groups excluding carboxylic acids is 2. The molecule has 0 aliphatic carbocycles. The largest absolute Gasteiger partial charge is 0.445 e. The van der Waals surface area contributed by atoms with E-state index in [1.807, 2.05) is 30.3 Å². The number of primary amides is 1. The molecule has 0 aliphatic rings. The standard InChI is InChI=1S/C8H9NO2.C3H6O/c9-8(10)11-6-7-4-2-1-3-5-7;1-3(2)4/h1-5H,6H2,(H2,9,10);1-2H3. The molecule has 0 radical (unpaired) electrons. The lowest BCUT2D eigenvalue weighted by atomic mass is 10.2. The number of benzene rings is 1. The van der Waals surface area contributed by atoms with Gasteiger partial charge >= 0.3 is 6.09 Å². The number of rotatable bonds is 2. The van der Waals surface area contributed by atoms with Crippen LogP contribution in [-0.4, -0.2) is 11.9 Å². The highest BCUT2D eigenvalue weighted by Crippen LogP contribution is 1.99. The van der Waals surface area contributed by atoms with Crippen molar-refractivity contribution in [1.29, 1.82) is 0 Å². The van der Waals surface area contributed by atoms with Gasteiger partial charge in [0.2, 0.25) is 0 Å². The number of ether oxygens (including phenoxy) is 1. The minimum absolute atomic E-state index is 0.167. The van der Waals surface area contributed by atoms with E-state index in [1.165, 1.54) is 13.8 Å². The Labute approximate surface area is 89.0 Å². The van der Waals surface area contributed by atoms with Crippen LogP contribution >= 0.6 is 0 Å². The molecule has 0 spiro atoms. The van der Waals surface area contributed by atoms with E-state index in [4.69, 9.17) is 5.73 Å². The zero-order chi connectivity index (χ0) is 11.7. The van der Waals surface area contributed by atoms with Crippen molar-refractivity contribution in [2.75, 3.05) is 0 Å². The first-order valence-electron chi connectivity index (χ1n) is 4.45. The van der Waals surface area contributed by atoms with Crippen LogP contribution in [0.15, 0.2) is 30.3 Å². The summed E-state index contributed by atoms with van der Waals surface area (Å²) in [5.41, 5.74) is 5.72. The van der Waals surface area contributed by atoms with Gasteiger partial charge in [-0.15, -0.1) is 0 Å². The van der Waals surface area contributed by atoms with E-state index in [-0.39, 0.29) is 12.4 Å². The summed E-state index contributed by atoms with van der Waals surface area (Å²) in [6.07, 6.45) is -0.742. The summed E-state index contributed by atoms with van der Waals surface area (Å²) in [6.45, 7) is 3.30. The maximum atomic E-state index is 10.2. The molecule has 0 heterocycles. The van der Waals surface area contributed by atoms with Gasteiger partial charge in [0.15, 0.2) is 0 Å². The van der Waals surface area contributed by atoms with Gasteiger partial charge in [0.1, 0.15) is 12.4 Å². The molecule has 1 rings (SSSR count). The monoisotopic (exact) mass is 209 g/mol. The van der Waals surface area contributed by atoms with Gasteiger partial charge < -0.3 is 15.3 Å². The summed E-state index contributed by atoms with van der Waals surface area (Å²) in [7, 11) is 0. The van der Waals surface area contributed by atoms with Crippen LogP contribution in [0.3, 0.4) is 0 Å². The van der Waals surface area contributed by atoms with E-state index in [0.29, 0.717) is 0 Å². The van der Waals surface area contributed by atoms with E-state index >= 15 is 0 Å². The number of nitrogens with two attached hydrogens (primary N) is 1. The van der Waals surface area contributed by atoms with Crippen LogP contribution < -0.4 is 5.73 Å². The van der Waals surface area contributed by atoms with Crippen molar-refractivity contribution < 1.29 is 14.3 Å². The van der Waals surface area contributed by atoms with Crippen LogP contribution in [0, 0.1) is 0 Å². The van der Waals surface area contributed by atoms with Crippen molar-refractivity contribution >= 4 is 11.9 Å². The molecule has 0 bridgehead atoms. The van der Waals surface area contributed by atoms with Crippen LogP contribution in [0.25, 0.3) is 0 Å². The van der Waals surface area contributed by atoms with E-state index in [1.54, 1.807) is 0 Å². The van der Waals surface area contributed by atoms with Crippen LogP contribution in [0.2, 0.25) is 0 Å². The molecule has 82 valence electrons. The minimum Gasteiger partial charge on any atom is -0.445 e. The first kappa shape index (κ1) is 13.2. The molecule has 0 saturated heterocycles. The second-order valence-electron chi connectivity index (χ2n) is 3.00. The van der Waals surface area contributed by atoms with Gasteiger partial charge in [-0.25, -0.2) is 4.79 Å². The fourth-order valence-electron chi connectivity index (χ4n) is 0.729. The van der Waals surface area contributed by atoms with Crippen molar-refractivity contribution in [2.45, 2.75) is 20.5 Å². The van der Waals surface area contributed by atoms with Crippen LogP contribution in [0.4, 0.5) is 4.79 Å². The lowest BCUT2D eigenvalue weighted by Gasteiger charge is -1.99. The Kier molecular flexibility index (Phi) is 6.63. The molecule has 1 aromatic rings. The molecule has 15 heavy (non-hydrogen) atoms. The molecule has 4 heteroatoms. The van der Waals surface area contributed by atoms with E-state index < -0.39 is 6.09 Å². The molecular formula is C11H15NO3. The Bertz CT molecular complexity index is 305. The lowest BCUT2D eigenvalue weighted by molar-refractivity contribution is -0.114. The van der Waals surface area contributed by atoms with Crippen molar-refractivity contribution in [3.8, 4) is 0 Å². The summed E-state index contributed by atoms with van der Waals surface area (Å²) < 4.78 is 4.57. The SMILES string of the molecule is CC(C)=O.NC(=O)OCc1ccccc1. The maximum absolute atomic E-state index is 10.2. The molecule has 0 aromatic heterocycles. The highest BCUT2D eigenvalue weighted by Gasteiger charge is 1.93. The maximum Gasteiger partial charge on any atom is 0.404 e. The highest BCUT2D eigenvalue weighted by molar-refractivity contribution is 5.72. The number of ketones is 1. The molecular weight excluding hydrogens is 194 g/mol. The fraction of sp³-hybridized carbons (Fsp3) is 0.273. The Morgan fingerprint density at radius 2 is 1.67 bits per heavy atom. The molecule has 1 amide bonds. The average Bonchev–Trinajstić information content (AvgIpc) is 2.15. The predicted octanol–water partition coefficient (Wildman–Crippen LogP) is 1.88. The van der Waals surface area contributed by atoms with Gasteiger partial charge in [-0.05, 0) is 19.4 Å². The molecule has 4 nitrogen and oxygen atoms in total. The van der Waals surface area contributed by atoms with Gasteiger partial charge in [-0.1, -0.05) is 30.3 Å². The van der Waals surface area contributed by atoms with Crippen molar-refractivity contribution in [3.05, 3.63) is 35.9 Å². The smallest absolute Gasteiger partial charge is 0.404 e. The first-order chi connectivity index (χ1) is 7.02. The lowest BCUT2D eigenvalue weighted by Crippen LogP contribution is -2.12. The molecule has 0 fully saturated rings. The second kappa shape index (κ2) is 7.55. The molecule has 0 aliphatic heterocycles. The summed E-state index contributed by atoms with van der Waals surface area (Å²) in [5.74, 6) is 0.167. The number of Topliss-reactive ketones (excluding diaryl/α,β-unsaturated/α-hetero) is 1. The quantitative estimate of drug-likeness (QED) is 0.808. The molecule has 2 N–H and O–H groups in total. The third-order valence-corrected chi connectivity index (χ3v) is 1.22. The van der Waals surface area contributed by atoms with Crippen LogP contribution in [-0.2, 0) is 16.1 Å². The van der Waals surface area contributed by atoms with Gasteiger partial charge in [0.25, 0.3) is 0 Å².